The number of ether oxygens (including phenoxy) is 5. The lowest BCUT2D eigenvalue weighted by atomic mass is 9.98. The van der Waals surface area contributed by atoms with Crippen LogP contribution in [0.5, 0.6) is 11.5 Å². The van der Waals surface area contributed by atoms with E-state index in [-0.39, 0.29) is 48.2 Å². The maximum Gasteiger partial charge on any atom is 0.339 e. The van der Waals surface area contributed by atoms with Crippen LogP contribution in [-0.4, -0.2) is 56.1 Å². The molecule has 1 aliphatic rings. The lowest BCUT2D eigenvalue weighted by Crippen LogP contribution is -2.22. The Hall–Kier alpha value is -4.99. The van der Waals surface area contributed by atoms with E-state index in [1.165, 1.54) is 37.5 Å². The summed E-state index contributed by atoms with van der Waals surface area (Å²) < 4.78 is 26.0. The number of carbonyl (C=O) groups is 5. The van der Waals surface area contributed by atoms with Gasteiger partial charge >= 0.3 is 23.9 Å². The minimum Gasteiger partial charge on any atom is -0.494 e. The van der Waals surface area contributed by atoms with Gasteiger partial charge in [-0.3, -0.25) is 14.4 Å². The van der Waals surface area contributed by atoms with Gasteiger partial charge in [0.05, 0.1) is 33.2 Å². The lowest BCUT2D eigenvalue weighted by Gasteiger charge is -2.21. The number of unbranched alkanes of at least 4 members (excludes halogenated alkanes) is 1. The van der Waals surface area contributed by atoms with Crippen molar-refractivity contribution in [3.05, 3.63) is 90.0 Å². The zero-order valence-corrected chi connectivity index (χ0v) is 26.1. The van der Waals surface area contributed by atoms with Gasteiger partial charge < -0.3 is 23.7 Å². The molecule has 0 radical (unpaired) electrons. The maximum atomic E-state index is 12.6. The van der Waals surface area contributed by atoms with Gasteiger partial charge in [0.15, 0.2) is 5.78 Å². The molecule has 10 heteroatoms. The summed E-state index contributed by atoms with van der Waals surface area (Å²) >= 11 is 0. The Bertz CT molecular complexity index is 1410. The first-order valence-electron chi connectivity index (χ1n) is 15.2. The Morgan fingerprint density at radius 3 is 2.04 bits per heavy atom. The van der Waals surface area contributed by atoms with Gasteiger partial charge in [0.1, 0.15) is 17.6 Å². The van der Waals surface area contributed by atoms with Crippen LogP contribution in [-0.2, 0) is 33.4 Å². The Labute approximate surface area is 269 Å². The molecule has 1 aliphatic carbocycles. The summed E-state index contributed by atoms with van der Waals surface area (Å²) in [5, 5.41) is 0. The zero-order valence-electron chi connectivity index (χ0n) is 26.1. The van der Waals surface area contributed by atoms with E-state index in [0.29, 0.717) is 30.8 Å². The molecule has 3 rings (SSSR count). The van der Waals surface area contributed by atoms with Crippen LogP contribution in [0.2, 0.25) is 0 Å². The topological polar surface area (TPSA) is 132 Å². The Balaban J connectivity index is 1.31. The first kappa shape index (κ1) is 35.5. The van der Waals surface area contributed by atoms with Gasteiger partial charge in [-0.2, -0.15) is 0 Å². The number of carbonyl (C=O) groups excluding carboxylic acids is 5. The Kier molecular flexibility index (Phi) is 14.5. The SMILES string of the molecule is C=C(CC(=O)OC1CCCCC1)C(=O)OCCCCOc1ccc(/C=C/C(=O)c2ccc(OC(=O)C(=C)CC(=O)OC)cc2)cc1. The summed E-state index contributed by atoms with van der Waals surface area (Å²) in [5.41, 5.74) is 1.24. The fourth-order valence-electron chi connectivity index (χ4n) is 4.45. The molecule has 1 fully saturated rings. The number of hydrogen-bond donors (Lipinski definition) is 0. The van der Waals surface area contributed by atoms with Crippen molar-refractivity contribution in [2.24, 2.45) is 0 Å². The van der Waals surface area contributed by atoms with Crippen molar-refractivity contribution in [3.8, 4) is 11.5 Å². The number of benzene rings is 2. The maximum absolute atomic E-state index is 12.6. The molecular weight excluding hydrogens is 592 g/mol. The normalized spacial score (nSPS) is 13.0. The minimum atomic E-state index is -0.759. The summed E-state index contributed by atoms with van der Waals surface area (Å²) in [6.45, 7) is 7.80. The predicted molar refractivity (Wildman–Crippen MR) is 170 cm³/mol. The third-order valence-electron chi connectivity index (χ3n) is 7.07. The molecule has 2 aromatic rings. The number of allylic oxidation sites excluding steroid dienone is 1. The smallest absolute Gasteiger partial charge is 0.339 e. The molecule has 0 N–H and O–H groups in total. The number of methoxy groups -OCH3 is 1. The van der Waals surface area contributed by atoms with Crippen molar-refractivity contribution < 1.29 is 47.7 Å². The predicted octanol–water partition coefficient (Wildman–Crippen LogP) is 6.13. The summed E-state index contributed by atoms with van der Waals surface area (Å²) in [5.74, 6) is -1.76. The second-order valence-corrected chi connectivity index (χ2v) is 10.8. The summed E-state index contributed by atoms with van der Waals surface area (Å²) in [7, 11) is 1.21. The minimum absolute atomic E-state index is 0.0432. The number of esters is 4. The van der Waals surface area contributed by atoms with Gasteiger partial charge in [-0.25, -0.2) is 9.59 Å². The number of rotatable bonds is 17. The third kappa shape index (κ3) is 12.6. The third-order valence-corrected chi connectivity index (χ3v) is 7.07. The molecule has 0 spiro atoms. The molecule has 0 unspecified atom stereocenters. The van der Waals surface area contributed by atoms with E-state index in [4.69, 9.17) is 18.9 Å². The fourth-order valence-corrected chi connectivity index (χ4v) is 4.45. The molecule has 0 aromatic heterocycles. The van der Waals surface area contributed by atoms with Gasteiger partial charge in [-0.15, -0.1) is 0 Å². The molecule has 10 nitrogen and oxygen atoms in total. The van der Waals surface area contributed by atoms with Crippen molar-refractivity contribution >= 4 is 35.7 Å². The van der Waals surface area contributed by atoms with E-state index in [0.717, 1.165) is 37.7 Å². The molecule has 46 heavy (non-hydrogen) atoms. The van der Waals surface area contributed by atoms with E-state index >= 15 is 0 Å². The lowest BCUT2D eigenvalue weighted by molar-refractivity contribution is -0.151. The van der Waals surface area contributed by atoms with Crippen LogP contribution in [0.15, 0.2) is 78.9 Å². The highest BCUT2D eigenvalue weighted by atomic mass is 16.6. The Morgan fingerprint density at radius 2 is 1.37 bits per heavy atom. The average molecular weight is 633 g/mol. The molecule has 244 valence electrons. The van der Waals surface area contributed by atoms with Crippen molar-refractivity contribution in [3.63, 3.8) is 0 Å². The average Bonchev–Trinajstić information content (AvgIpc) is 3.06. The van der Waals surface area contributed by atoms with Crippen molar-refractivity contribution in [1.29, 1.82) is 0 Å². The largest absolute Gasteiger partial charge is 0.494 e. The van der Waals surface area contributed by atoms with Crippen LogP contribution in [0.4, 0.5) is 0 Å². The second kappa shape index (κ2) is 18.7. The van der Waals surface area contributed by atoms with E-state index in [1.807, 2.05) is 12.1 Å². The highest BCUT2D eigenvalue weighted by Crippen LogP contribution is 2.21. The molecule has 0 bridgehead atoms. The molecule has 1 saturated carbocycles. The van der Waals surface area contributed by atoms with Crippen LogP contribution in [0.1, 0.15) is 73.7 Å². The first-order chi connectivity index (χ1) is 22.1. The standard InChI is InChI=1S/C36H40O10/c1-25(24-34(39)45-30-9-5-4-6-10-30)35(40)44-22-8-7-21-43-29-16-11-27(12-17-29)13-20-32(37)28-14-18-31(19-15-28)46-36(41)26(2)23-33(38)42-3/h11-20,30H,1-2,4-10,21-24H2,3H3/b20-13+. The molecule has 2 aromatic carbocycles. The van der Waals surface area contributed by atoms with Gasteiger partial charge in [-0.05, 0) is 86.6 Å². The summed E-state index contributed by atoms with van der Waals surface area (Å²) in [6, 6.07) is 13.2. The molecule has 0 saturated heterocycles. The van der Waals surface area contributed by atoms with E-state index < -0.39 is 23.9 Å². The van der Waals surface area contributed by atoms with Crippen LogP contribution >= 0.6 is 0 Å². The van der Waals surface area contributed by atoms with Gasteiger partial charge in [0.25, 0.3) is 0 Å². The highest BCUT2D eigenvalue weighted by Gasteiger charge is 2.20. The van der Waals surface area contributed by atoms with E-state index in [2.05, 4.69) is 17.9 Å². The quantitative estimate of drug-likeness (QED) is 0.0501. The van der Waals surface area contributed by atoms with Crippen molar-refractivity contribution in [2.45, 2.75) is 63.9 Å². The molecule has 0 heterocycles. The molecule has 0 aliphatic heterocycles. The molecule has 0 atom stereocenters. The van der Waals surface area contributed by atoms with Crippen LogP contribution in [0, 0.1) is 0 Å². The molecule has 0 amide bonds. The van der Waals surface area contributed by atoms with Gasteiger partial charge in [-0.1, -0.05) is 37.8 Å². The van der Waals surface area contributed by atoms with E-state index in [1.54, 1.807) is 18.2 Å². The van der Waals surface area contributed by atoms with Gasteiger partial charge in [0.2, 0.25) is 0 Å². The number of hydrogen-bond acceptors (Lipinski definition) is 10. The highest BCUT2D eigenvalue weighted by molar-refractivity contribution is 6.07. The van der Waals surface area contributed by atoms with Crippen molar-refractivity contribution in [2.75, 3.05) is 20.3 Å². The first-order valence-corrected chi connectivity index (χ1v) is 15.2. The van der Waals surface area contributed by atoms with Gasteiger partial charge in [0, 0.05) is 16.7 Å². The summed E-state index contributed by atoms with van der Waals surface area (Å²) in [6.07, 6.45) is 8.86. The Morgan fingerprint density at radius 1 is 0.761 bits per heavy atom. The number of ketones is 1. The van der Waals surface area contributed by atoms with Crippen LogP contribution in [0.25, 0.3) is 6.08 Å². The summed E-state index contributed by atoms with van der Waals surface area (Å²) in [4.78, 5) is 60.1. The van der Waals surface area contributed by atoms with E-state index in [9.17, 15) is 24.0 Å². The second-order valence-electron chi connectivity index (χ2n) is 10.8. The van der Waals surface area contributed by atoms with Crippen LogP contribution < -0.4 is 9.47 Å². The molecular formula is C36H40O10. The zero-order chi connectivity index (χ0) is 33.3. The van der Waals surface area contributed by atoms with Crippen LogP contribution in [0.3, 0.4) is 0 Å². The van der Waals surface area contributed by atoms with Crippen molar-refractivity contribution in [1.82, 2.24) is 0 Å². The monoisotopic (exact) mass is 632 g/mol. The fraction of sp³-hybridized carbons (Fsp3) is 0.361.